The third-order valence-corrected chi connectivity index (χ3v) is 3.52. The summed E-state index contributed by atoms with van der Waals surface area (Å²) in [6, 6.07) is 11.6. The number of nitrogens with zero attached hydrogens (tertiary/aromatic N) is 2. The Morgan fingerprint density at radius 3 is 2.87 bits per heavy atom. The zero-order valence-electron chi connectivity index (χ0n) is 13.3. The molecule has 0 aliphatic heterocycles. The van der Waals surface area contributed by atoms with E-state index in [4.69, 9.17) is 16.3 Å². The lowest BCUT2D eigenvalue weighted by molar-refractivity contribution is 0.321. The van der Waals surface area contributed by atoms with Crippen LogP contribution in [-0.2, 0) is 6.42 Å². The van der Waals surface area contributed by atoms with Gasteiger partial charge in [-0.1, -0.05) is 49.7 Å². The van der Waals surface area contributed by atoms with Gasteiger partial charge in [0.05, 0.1) is 12.3 Å². The maximum atomic E-state index is 5.90. The molecule has 1 aromatic carbocycles. The van der Waals surface area contributed by atoms with Crippen molar-refractivity contribution in [3.63, 3.8) is 0 Å². The minimum atomic E-state index is 0.501. The molecule has 120 valence electrons. The number of rotatable bonds is 8. The maximum absolute atomic E-state index is 5.90. The van der Waals surface area contributed by atoms with Gasteiger partial charge in [0.1, 0.15) is 10.9 Å². The van der Waals surface area contributed by atoms with E-state index in [0.717, 1.165) is 41.8 Å². The van der Waals surface area contributed by atoms with Gasteiger partial charge in [0, 0.05) is 24.4 Å². The molecule has 23 heavy (non-hydrogen) atoms. The summed E-state index contributed by atoms with van der Waals surface area (Å²) >= 11 is 5.78. The molecular weight excluding hydrogens is 308 g/mol. The first-order valence-corrected chi connectivity index (χ1v) is 8.12. The predicted octanol–water partition coefficient (Wildman–Crippen LogP) is 5.20. The van der Waals surface area contributed by atoms with Gasteiger partial charge in [0.15, 0.2) is 0 Å². The molecule has 0 aliphatic carbocycles. The van der Waals surface area contributed by atoms with Crippen molar-refractivity contribution in [2.45, 2.75) is 26.2 Å². The summed E-state index contributed by atoms with van der Waals surface area (Å²) in [6.45, 7) is 6.72. The van der Waals surface area contributed by atoms with Crippen LogP contribution in [0.3, 0.4) is 0 Å². The molecule has 0 atom stereocenters. The number of para-hydroxylation sites is 1. The fourth-order valence-electron chi connectivity index (χ4n) is 2.04. The first kappa shape index (κ1) is 17.2. The third-order valence-electron chi connectivity index (χ3n) is 3.30. The van der Waals surface area contributed by atoms with Crippen molar-refractivity contribution in [3.05, 3.63) is 65.5 Å². The van der Waals surface area contributed by atoms with E-state index >= 15 is 0 Å². The lowest BCUT2D eigenvalue weighted by Gasteiger charge is -2.11. The zero-order chi connectivity index (χ0) is 16.5. The molecule has 0 radical (unpaired) electrons. The van der Waals surface area contributed by atoms with Gasteiger partial charge in [-0.3, -0.25) is 4.99 Å². The third kappa shape index (κ3) is 5.53. The monoisotopic (exact) mass is 328 g/mol. The molecule has 1 heterocycles. The van der Waals surface area contributed by atoms with Gasteiger partial charge in [-0.15, -0.1) is 0 Å². The number of pyridine rings is 1. The van der Waals surface area contributed by atoms with Gasteiger partial charge in [-0.05, 0) is 30.2 Å². The highest BCUT2D eigenvalue weighted by Gasteiger charge is 2.06. The molecular formula is C19H21ClN2O. The molecule has 0 N–H and O–H groups in total. The average Bonchev–Trinajstić information content (AvgIpc) is 2.57. The highest BCUT2D eigenvalue weighted by Crippen LogP contribution is 2.25. The Kier molecular flexibility index (Phi) is 6.82. The second-order valence-corrected chi connectivity index (χ2v) is 5.52. The van der Waals surface area contributed by atoms with Crippen LogP contribution in [0.1, 0.15) is 30.9 Å². The fraction of sp³-hybridized carbons (Fsp3) is 0.263. The first-order chi connectivity index (χ1) is 11.2. The Hall–Kier alpha value is -2.13. The smallest absolute Gasteiger partial charge is 0.129 e. The van der Waals surface area contributed by atoms with Crippen molar-refractivity contribution in [1.29, 1.82) is 0 Å². The Morgan fingerprint density at radius 2 is 2.13 bits per heavy atom. The molecule has 0 saturated carbocycles. The van der Waals surface area contributed by atoms with Gasteiger partial charge in [0.25, 0.3) is 0 Å². The number of benzene rings is 1. The van der Waals surface area contributed by atoms with Crippen LogP contribution in [0.2, 0.25) is 5.15 Å². The topological polar surface area (TPSA) is 34.5 Å². The molecule has 0 bridgehead atoms. The van der Waals surface area contributed by atoms with Crippen molar-refractivity contribution >= 4 is 23.5 Å². The summed E-state index contributed by atoms with van der Waals surface area (Å²) in [5.74, 6) is 0.799. The number of halogens is 1. The van der Waals surface area contributed by atoms with Crippen LogP contribution in [0.15, 0.2) is 54.2 Å². The lowest BCUT2D eigenvalue weighted by atomic mass is 10.1. The molecule has 0 aliphatic rings. The lowest BCUT2D eigenvalue weighted by Crippen LogP contribution is -2.03. The molecule has 0 saturated heterocycles. The van der Waals surface area contributed by atoms with E-state index in [-0.39, 0.29) is 0 Å². The van der Waals surface area contributed by atoms with Crippen LogP contribution in [0, 0.1) is 0 Å². The average molecular weight is 329 g/mol. The maximum Gasteiger partial charge on any atom is 0.129 e. The second kappa shape index (κ2) is 9.11. The van der Waals surface area contributed by atoms with Gasteiger partial charge >= 0.3 is 0 Å². The van der Waals surface area contributed by atoms with Gasteiger partial charge in [-0.25, -0.2) is 4.98 Å². The molecule has 1 aromatic heterocycles. The summed E-state index contributed by atoms with van der Waals surface area (Å²) in [6.07, 6.45) is 6.46. The predicted molar refractivity (Wildman–Crippen MR) is 97.3 cm³/mol. The molecule has 0 unspecified atom stereocenters. The molecule has 0 amide bonds. The van der Waals surface area contributed by atoms with E-state index in [2.05, 4.69) is 23.5 Å². The molecule has 0 spiro atoms. The fourth-order valence-corrected chi connectivity index (χ4v) is 2.15. The van der Waals surface area contributed by atoms with Crippen molar-refractivity contribution in [2.75, 3.05) is 6.61 Å². The van der Waals surface area contributed by atoms with Gasteiger partial charge < -0.3 is 4.74 Å². The summed E-state index contributed by atoms with van der Waals surface area (Å²) in [4.78, 5) is 8.47. The normalized spacial score (nSPS) is 10.9. The number of aliphatic imine (C=N–C) groups is 1. The SMILES string of the molecule is C=C(N=CCCC)c1ccccc1OCCc1ccc(Cl)nc1. The highest BCUT2D eigenvalue weighted by molar-refractivity contribution is 6.29. The van der Waals surface area contributed by atoms with Crippen LogP contribution >= 0.6 is 11.6 Å². The van der Waals surface area contributed by atoms with Crippen LogP contribution in [0.25, 0.3) is 5.70 Å². The van der Waals surface area contributed by atoms with Crippen molar-refractivity contribution < 1.29 is 4.74 Å². The second-order valence-electron chi connectivity index (χ2n) is 5.13. The molecule has 4 heteroatoms. The van der Waals surface area contributed by atoms with E-state index in [1.54, 1.807) is 12.3 Å². The summed E-state index contributed by atoms with van der Waals surface area (Å²) in [7, 11) is 0. The minimum absolute atomic E-state index is 0.501. The molecule has 2 rings (SSSR count). The van der Waals surface area contributed by atoms with Gasteiger partial charge in [-0.2, -0.15) is 0 Å². The number of aromatic nitrogens is 1. The van der Waals surface area contributed by atoms with Crippen LogP contribution in [0.4, 0.5) is 0 Å². The molecule has 2 aromatic rings. The largest absolute Gasteiger partial charge is 0.493 e. The number of ether oxygens (including phenoxy) is 1. The van der Waals surface area contributed by atoms with Crippen molar-refractivity contribution in [3.8, 4) is 5.75 Å². The number of hydrogen-bond acceptors (Lipinski definition) is 3. The number of hydrogen-bond donors (Lipinski definition) is 0. The van der Waals surface area contributed by atoms with E-state index in [0.29, 0.717) is 11.8 Å². The van der Waals surface area contributed by atoms with Crippen molar-refractivity contribution in [2.24, 2.45) is 4.99 Å². The van der Waals surface area contributed by atoms with Gasteiger partial charge in [0.2, 0.25) is 0 Å². The number of unbranched alkanes of at least 4 members (excludes halogenated alkanes) is 1. The summed E-state index contributed by atoms with van der Waals surface area (Å²) in [5, 5.41) is 0.501. The van der Waals surface area contributed by atoms with E-state index in [1.165, 1.54) is 0 Å². The Morgan fingerprint density at radius 1 is 1.30 bits per heavy atom. The molecule has 3 nitrogen and oxygen atoms in total. The Labute approximate surface area is 142 Å². The van der Waals surface area contributed by atoms with E-state index in [1.807, 2.05) is 36.5 Å². The summed E-state index contributed by atoms with van der Waals surface area (Å²) in [5.41, 5.74) is 2.74. The standard InChI is InChI=1S/C19H21ClN2O/c1-3-4-12-21-15(2)17-7-5-6-8-18(17)23-13-11-16-9-10-19(20)22-14-16/h5-10,12,14H,2-4,11,13H2,1H3. The first-order valence-electron chi connectivity index (χ1n) is 7.74. The molecule has 0 fully saturated rings. The Balaban J connectivity index is 1.97. The van der Waals surface area contributed by atoms with Crippen LogP contribution in [-0.4, -0.2) is 17.8 Å². The zero-order valence-corrected chi connectivity index (χ0v) is 14.1. The quantitative estimate of drug-likeness (QED) is 0.493. The van der Waals surface area contributed by atoms with E-state index in [9.17, 15) is 0 Å². The minimum Gasteiger partial charge on any atom is -0.493 e. The van der Waals surface area contributed by atoms with Crippen molar-refractivity contribution in [1.82, 2.24) is 4.98 Å². The van der Waals surface area contributed by atoms with Crippen LogP contribution in [0.5, 0.6) is 5.75 Å². The highest BCUT2D eigenvalue weighted by atomic mass is 35.5. The Bertz CT molecular complexity index is 665. The van der Waals surface area contributed by atoms with Crippen LogP contribution < -0.4 is 4.74 Å². The van der Waals surface area contributed by atoms with E-state index < -0.39 is 0 Å². The summed E-state index contributed by atoms with van der Waals surface area (Å²) < 4.78 is 5.90.